The molecule has 0 saturated carbocycles. The van der Waals surface area contributed by atoms with Crippen LogP contribution in [0.2, 0.25) is 0 Å². The van der Waals surface area contributed by atoms with E-state index in [9.17, 15) is 18.4 Å². The second-order valence-corrected chi connectivity index (χ2v) is 11.7. The Morgan fingerprint density at radius 3 is 1.71 bits per heavy atom. The monoisotopic (exact) mass is 682 g/mol. The van der Waals surface area contributed by atoms with Gasteiger partial charge in [0.2, 0.25) is 0 Å². The fourth-order valence-corrected chi connectivity index (χ4v) is 5.60. The summed E-state index contributed by atoms with van der Waals surface area (Å²) in [4.78, 5) is 27.3. The molecule has 0 atom stereocenters. The van der Waals surface area contributed by atoms with Gasteiger partial charge in [-0.3, -0.25) is 14.5 Å². The number of benzene rings is 4. The van der Waals surface area contributed by atoms with Crippen molar-refractivity contribution in [3.8, 4) is 12.1 Å². The highest BCUT2D eigenvalue weighted by Gasteiger charge is 2.20. The lowest BCUT2D eigenvalue weighted by molar-refractivity contribution is 0.111. The largest absolute Gasteiger partial charge is 0.367 e. The van der Waals surface area contributed by atoms with Gasteiger partial charge in [0.1, 0.15) is 24.2 Å². The molecule has 2 aliphatic heterocycles. The highest BCUT2D eigenvalue weighted by molar-refractivity contribution is 6.17. The molecule has 0 bridgehead atoms. The third-order valence-corrected chi connectivity index (χ3v) is 8.40. The second-order valence-electron chi connectivity index (χ2n) is 11.4. The first kappa shape index (κ1) is 36.7. The lowest BCUT2D eigenvalue weighted by Gasteiger charge is -2.36. The number of piperazine rings is 2. The van der Waals surface area contributed by atoms with Crippen LogP contribution in [0.4, 0.5) is 20.2 Å². The van der Waals surface area contributed by atoms with Gasteiger partial charge in [-0.15, -0.1) is 11.6 Å². The minimum absolute atomic E-state index is 0.309. The van der Waals surface area contributed by atoms with Crippen LogP contribution in [-0.4, -0.2) is 69.8 Å². The van der Waals surface area contributed by atoms with Crippen molar-refractivity contribution in [1.82, 2.24) is 10.2 Å². The van der Waals surface area contributed by atoms with Crippen molar-refractivity contribution >= 4 is 35.5 Å². The van der Waals surface area contributed by atoms with E-state index in [-0.39, 0.29) is 11.6 Å². The molecule has 2 heterocycles. The van der Waals surface area contributed by atoms with Crippen molar-refractivity contribution in [2.45, 2.75) is 12.4 Å². The van der Waals surface area contributed by atoms with Crippen molar-refractivity contribution in [3.05, 3.63) is 130 Å². The minimum Gasteiger partial charge on any atom is -0.367 e. The number of alkyl halides is 1. The molecule has 8 nitrogen and oxygen atoms in total. The molecule has 2 saturated heterocycles. The van der Waals surface area contributed by atoms with Crippen LogP contribution >= 0.6 is 11.6 Å². The maximum Gasteiger partial charge on any atom is 0.150 e. The standard InChI is InChI=1S/C19H18FN3O.C11H12FN3.C8H7ClO/c20-18-11-15(12-21)4-5-19(18)23-8-6-22(7-9-23)13-16-2-1-3-17(10-16)14-24;12-10-7-9(8-13)1-2-11(10)15-5-3-14-4-6-15;9-5-7-1-3-8(6-10)4-2-7/h1-5,10-11,14H,6-9,13H2;1-2,7,14H,3-6H2;1-4,6H,5H2. The van der Waals surface area contributed by atoms with Gasteiger partial charge >= 0.3 is 0 Å². The third-order valence-electron chi connectivity index (χ3n) is 8.09. The molecule has 2 fully saturated rings. The van der Waals surface area contributed by atoms with E-state index < -0.39 is 0 Å². The average molecular weight is 683 g/mol. The molecule has 0 spiro atoms. The zero-order valence-corrected chi connectivity index (χ0v) is 27.8. The number of nitrogens with zero attached hydrogens (tertiary/aromatic N) is 5. The van der Waals surface area contributed by atoms with Gasteiger partial charge in [0, 0.05) is 75.9 Å². The summed E-state index contributed by atoms with van der Waals surface area (Å²) in [6, 6.07) is 27.9. The Labute approximate surface area is 290 Å². The number of halogens is 3. The van der Waals surface area contributed by atoms with Gasteiger partial charge in [0.05, 0.1) is 34.6 Å². The lowest BCUT2D eigenvalue weighted by Crippen LogP contribution is -2.46. The summed E-state index contributed by atoms with van der Waals surface area (Å²) >= 11 is 5.53. The number of nitriles is 2. The topological polar surface area (TPSA) is 103 Å². The predicted octanol–water partition coefficient (Wildman–Crippen LogP) is 6.18. The second kappa shape index (κ2) is 19.0. The fourth-order valence-electron chi connectivity index (χ4n) is 5.43. The van der Waals surface area contributed by atoms with Crippen molar-refractivity contribution in [2.75, 3.05) is 62.2 Å². The summed E-state index contributed by atoms with van der Waals surface area (Å²) < 4.78 is 27.7. The van der Waals surface area contributed by atoms with Crippen molar-refractivity contribution in [3.63, 3.8) is 0 Å². The number of rotatable bonds is 7. The van der Waals surface area contributed by atoms with E-state index in [4.69, 9.17) is 22.1 Å². The Morgan fingerprint density at radius 1 is 0.673 bits per heavy atom. The number of hydrogen-bond donors (Lipinski definition) is 1. The molecule has 0 unspecified atom stereocenters. The molecular formula is C38H37ClF2N6O2. The molecule has 1 N–H and O–H groups in total. The normalized spacial score (nSPS) is 14.2. The van der Waals surface area contributed by atoms with E-state index in [0.29, 0.717) is 39.5 Å². The quantitative estimate of drug-likeness (QED) is 0.182. The van der Waals surface area contributed by atoms with E-state index >= 15 is 0 Å². The number of carbonyl (C=O) groups excluding carboxylic acids is 2. The molecule has 49 heavy (non-hydrogen) atoms. The first-order chi connectivity index (χ1) is 23.9. The zero-order chi connectivity index (χ0) is 35.0. The number of nitrogens with one attached hydrogen (secondary N) is 1. The van der Waals surface area contributed by atoms with Gasteiger partial charge in [-0.25, -0.2) is 8.78 Å². The molecule has 2 aliphatic rings. The summed E-state index contributed by atoms with van der Waals surface area (Å²) in [5.41, 5.74) is 5.37. The maximum absolute atomic E-state index is 14.1. The van der Waals surface area contributed by atoms with Crippen LogP contribution in [0.1, 0.15) is 43.0 Å². The smallest absolute Gasteiger partial charge is 0.150 e. The number of aldehydes is 2. The van der Waals surface area contributed by atoms with Crippen LogP contribution in [0.25, 0.3) is 0 Å². The number of hydrogen-bond acceptors (Lipinski definition) is 8. The molecule has 0 aliphatic carbocycles. The van der Waals surface area contributed by atoms with Gasteiger partial charge in [-0.1, -0.05) is 42.5 Å². The molecule has 0 amide bonds. The Kier molecular flexibility index (Phi) is 14.2. The first-order valence-electron chi connectivity index (χ1n) is 15.8. The number of anilines is 2. The maximum atomic E-state index is 14.1. The van der Waals surface area contributed by atoms with E-state index in [2.05, 4.69) is 10.2 Å². The third kappa shape index (κ3) is 10.9. The first-order valence-corrected chi connectivity index (χ1v) is 16.4. The van der Waals surface area contributed by atoms with E-state index in [0.717, 1.165) is 82.6 Å². The van der Waals surface area contributed by atoms with Crippen LogP contribution in [-0.2, 0) is 12.4 Å². The molecule has 4 aromatic rings. The summed E-state index contributed by atoms with van der Waals surface area (Å²) in [6.07, 6.45) is 1.67. The van der Waals surface area contributed by atoms with Gasteiger partial charge < -0.3 is 15.1 Å². The summed E-state index contributed by atoms with van der Waals surface area (Å²) in [7, 11) is 0. The Balaban J connectivity index is 0.000000184. The highest BCUT2D eigenvalue weighted by atomic mass is 35.5. The Hall–Kier alpha value is -5.13. The van der Waals surface area contributed by atoms with Crippen LogP contribution in [0.5, 0.6) is 0 Å². The van der Waals surface area contributed by atoms with Crippen LogP contribution < -0.4 is 15.1 Å². The van der Waals surface area contributed by atoms with Crippen LogP contribution in [0, 0.1) is 34.3 Å². The van der Waals surface area contributed by atoms with Crippen molar-refractivity contribution in [2.24, 2.45) is 0 Å². The lowest BCUT2D eigenvalue weighted by atomic mass is 10.1. The average Bonchev–Trinajstić information content (AvgIpc) is 3.16. The Bertz CT molecular complexity index is 1780. The molecule has 0 aromatic heterocycles. The molecular weight excluding hydrogens is 646 g/mol. The molecule has 0 radical (unpaired) electrons. The van der Waals surface area contributed by atoms with E-state index in [1.54, 1.807) is 42.5 Å². The molecule has 4 aromatic carbocycles. The van der Waals surface area contributed by atoms with Gasteiger partial charge in [-0.05, 0) is 53.6 Å². The zero-order valence-electron chi connectivity index (χ0n) is 27.0. The van der Waals surface area contributed by atoms with Crippen molar-refractivity contribution < 1.29 is 18.4 Å². The molecule has 252 valence electrons. The fraction of sp³-hybridized carbons (Fsp3) is 0.263. The van der Waals surface area contributed by atoms with Gasteiger partial charge in [0.25, 0.3) is 0 Å². The predicted molar refractivity (Wildman–Crippen MR) is 188 cm³/mol. The van der Waals surface area contributed by atoms with Gasteiger partial charge in [0.15, 0.2) is 0 Å². The molecule has 11 heteroatoms. The van der Waals surface area contributed by atoms with Crippen LogP contribution in [0.15, 0.2) is 84.9 Å². The number of carbonyl (C=O) groups is 2. The highest BCUT2D eigenvalue weighted by Crippen LogP contribution is 2.23. The minimum atomic E-state index is -0.346. The Morgan fingerprint density at radius 2 is 1.22 bits per heavy atom. The summed E-state index contributed by atoms with van der Waals surface area (Å²) in [5.74, 6) is -0.156. The van der Waals surface area contributed by atoms with Crippen LogP contribution in [0.3, 0.4) is 0 Å². The SMILES string of the molecule is N#Cc1ccc(N2CCN(Cc3cccc(C=O)c3)CC2)c(F)c1.N#Cc1ccc(N2CCNCC2)c(F)c1.O=Cc1ccc(CCl)cc1. The molecule has 6 rings (SSSR count). The summed E-state index contributed by atoms with van der Waals surface area (Å²) in [6.45, 7) is 7.26. The summed E-state index contributed by atoms with van der Waals surface area (Å²) in [5, 5.41) is 20.6. The van der Waals surface area contributed by atoms with Crippen molar-refractivity contribution in [1.29, 1.82) is 10.5 Å². The van der Waals surface area contributed by atoms with Gasteiger partial charge in [-0.2, -0.15) is 10.5 Å². The van der Waals surface area contributed by atoms with E-state index in [1.807, 2.05) is 52.3 Å². The van der Waals surface area contributed by atoms with E-state index in [1.165, 1.54) is 12.1 Å².